The molecule has 4 saturated carbocycles. The molecule has 4 aliphatic carbocycles. The summed E-state index contributed by atoms with van der Waals surface area (Å²) in [6.07, 6.45) is 11.4. The van der Waals surface area contributed by atoms with E-state index >= 15 is 0 Å². The van der Waals surface area contributed by atoms with Crippen LogP contribution < -0.4 is 5.73 Å². The van der Waals surface area contributed by atoms with Gasteiger partial charge in [-0.3, -0.25) is 9.78 Å². The maximum atomic E-state index is 12.9. The molecule has 2 N–H and O–H groups in total. The Kier molecular flexibility index (Phi) is 5.21. The largest absolute Gasteiger partial charge is 0.398 e. The first-order chi connectivity index (χ1) is 16.0. The molecule has 5 nitrogen and oxygen atoms in total. The Balaban J connectivity index is 1.01. The Hall–Kier alpha value is -2.40. The molecule has 5 fully saturated rings. The van der Waals surface area contributed by atoms with Crippen molar-refractivity contribution in [2.24, 2.45) is 29.1 Å². The number of carbonyl (C=O) groups is 1. The van der Waals surface area contributed by atoms with Gasteiger partial charge in [0.2, 0.25) is 5.91 Å². The van der Waals surface area contributed by atoms with Gasteiger partial charge in [0.05, 0.1) is 6.42 Å². The molecule has 1 saturated heterocycles. The maximum Gasteiger partial charge on any atom is 0.227 e. The molecular weight excluding hydrogens is 408 g/mol. The highest BCUT2D eigenvalue weighted by Gasteiger charge is 2.57. The lowest BCUT2D eigenvalue weighted by molar-refractivity contribution is -0.137. The van der Waals surface area contributed by atoms with Crippen LogP contribution in [0.1, 0.15) is 37.7 Å². The number of amides is 1. The van der Waals surface area contributed by atoms with Crippen LogP contribution in [0, 0.1) is 29.1 Å². The summed E-state index contributed by atoms with van der Waals surface area (Å²) in [5, 5.41) is 0. The Morgan fingerprint density at radius 3 is 2.55 bits per heavy atom. The van der Waals surface area contributed by atoms with Crippen LogP contribution in [0.15, 0.2) is 42.7 Å². The van der Waals surface area contributed by atoms with Crippen molar-refractivity contribution in [3.05, 3.63) is 48.3 Å². The molecule has 2 atom stereocenters. The summed E-state index contributed by atoms with van der Waals surface area (Å²) in [5.41, 5.74) is 10.6. The van der Waals surface area contributed by atoms with Crippen LogP contribution in [0.5, 0.6) is 0 Å². The van der Waals surface area contributed by atoms with Gasteiger partial charge in [0.1, 0.15) is 0 Å². The molecule has 2 heterocycles. The molecule has 2 unspecified atom stereocenters. The summed E-state index contributed by atoms with van der Waals surface area (Å²) in [6.45, 7) is 4.16. The molecule has 4 bridgehead atoms. The number of hydrogen-bond acceptors (Lipinski definition) is 4. The first-order valence-electron chi connectivity index (χ1n) is 12.7. The number of hydrogen-bond donors (Lipinski definition) is 1. The smallest absolute Gasteiger partial charge is 0.227 e. The molecule has 5 aliphatic rings. The minimum absolute atomic E-state index is 0.192. The van der Waals surface area contributed by atoms with Crippen molar-refractivity contribution >= 4 is 11.6 Å². The highest BCUT2D eigenvalue weighted by molar-refractivity contribution is 5.82. The molecule has 0 spiro atoms. The quantitative estimate of drug-likeness (QED) is 0.654. The Morgan fingerprint density at radius 1 is 1.09 bits per heavy atom. The molecule has 1 aromatic heterocycles. The van der Waals surface area contributed by atoms with E-state index in [1.807, 2.05) is 29.2 Å². The van der Waals surface area contributed by atoms with Crippen molar-refractivity contribution in [3.63, 3.8) is 0 Å². The zero-order valence-corrected chi connectivity index (χ0v) is 19.7. The lowest BCUT2D eigenvalue weighted by Crippen LogP contribution is -2.54. The van der Waals surface area contributed by atoms with Crippen molar-refractivity contribution in [2.75, 3.05) is 39.0 Å². The summed E-state index contributed by atoms with van der Waals surface area (Å²) in [5.74, 6) is 3.84. The predicted octanol–water partition coefficient (Wildman–Crippen LogP) is 4.09. The maximum absolute atomic E-state index is 12.9. The van der Waals surface area contributed by atoms with Gasteiger partial charge in [-0.2, -0.15) is 0 Å². The van der Waals surface area contributed by atoms with Gasteiger partial charge in [-0.15, -0.1) is 0 Å². The number of anilines is 1. The van der Waals surface area contributed by atoms with Gasteiger partial charge in [-0.1, -0.05) is 6.07 Å². The van der Waals surface area contributed by atoms with Crippen LogP contribution in [0.2, 0.25) is 0 Å². The second-order valence-corrected chi connectivity index (χ2v) is 11.6. The molecule has 1 aromatic carbocycles. The third kappa shape index (κ3) is 3.95. The second kappa shape index (κ2) is 8.12. The van der Waals surface area contributed by atoms with Crippen molar-refractivity contribution in [1.82, 2.24) is 14.8 Å². The fraction of sp³-hybridized carbons (Fsp3) is 0.571. The highest BCUT2D eigenvalue weighted by atomic mass is 16.2. The molecule has 174 valence electrons. The van der Waals surface area contributed by atoms with Gasteiger partial charge in [0, 0.05) is 50.2 Å². The van der Waals surface area contributed by atoms with Crippen molar-refractivity contribution in [1.29, 1.82) is 0 Å². The lowest BCUT2D eigenvalue weighted by Gasteiger charge is -2.43. The van der Waals surface area contributed by atoms with Gasteiger partial charge in [0.15, 0.2) is 0 Å². The van der Waals surface area contributed by atoms with E-state index in [-0.39, 0.29) is 5.91 Å². The molecule has 2 aromatic rings. The fourth-order valence-corrected chi connectivity index (χ4v) is 7.91. The zero-order chi connectivity index (χ0) is 22.6. The van der Waals surface area contributed by atoms with Crippen molar-refractivity contribution < 1.29 is 4.79 Å². The van der Waals surface area contributed by atoms with E-state index in [0.717, 1.165) is 54.1 Å². The molecule has 7 rings (SSSR count). The standard InChI is InChI=1S/C28H36N4O/c1-31(18-28-13-19-8-20(14-28)10-25(28)9-19)15-21-16-32(17-21)27(33)12-24-11-23(2-3-26(24)29)22-4-6-30-7-5-22/h2-7,11,19-21,25H,8-10,12-18,29H2,1H3. The van der Waals surface area contributed by atoms with E-state index in [4.69, 9.17) is 5.73 Å². The van der Waals surface area contributed by atoms with Crippen LogP contribution in [-0.2, 0) is 11.2 Å². The molecule has 1 amide bonds. The zero-order valence-electron chi connectivity index (χ0n) is 19.7. The number of likely N-dealkylation sites (tertiary alicyclic amines) is 1. The van der Waals surface area contributed by atoms with E-state index in [0.29, 0.717) is 23.4 Å². The number of pyridine rings is 1. The number of nitrogen functional groups attached to an aromatic ring is 1. The number of nitrogens with zero attached hydrogens (tertiary/aromatic N) is 3. The van der Waals surface area contributed by atoms with E-state index < -0.39 is 0 Å². The SMILES string of the molecule is CN(CC1CN(C(=O)Cc2cc(-c3ccncc3)ccc2N)C1)CC12CC3CC(CC1C3)C2. The fourth-order valence-electron chi connectivity index (χ4n) is 7.91. The molecular formula is C28H36N4O. The normalized spacial score (nSPS) is 30.2. The topological polar surface area (TPSA) is 62.5 Å². The summed E-state index contributed by atoms with van der Waals surface area (Å²) < 4.78 is 0. The van der Waals surface area contributed by atoms with E-state index in [2.05, 4.69) is 23.0 Å². The van der Waals surface area contributed by atoms with Gasteiger partial charge >= 0.3 is 0 Å². The van der Waals surface area contributed by atoms with Gasteiger partial charge in [0.25, 0.3) is 0 Å². The number of nitrogens with two attached hydrogens (primary N) is 1. The van der Waals surface area contributed by atoms with Gasteiger partial charge < -0.3 is 15.5 Å². The van der Waals surface area contributed by atoms with Gasteiger partial charge in [-0.05, 0) is 103 Å². The van der Waals surface area contributed by atoms with Crippen molar-refractivity contribution in [3.8, 4) is 11.1 Å². The average molecular weight is 445 g/mol. The second-order valence-electron chi connectivity index (χ2n) is 11.6. The Bertz CT molecular complexity index is 1020. The molecule has 1 aliphatic heterocycles. The molecule has 33 heavy (non-hydrogen) atoms. The Labute approximate surface area is 197 Å². The number of benzene rings is 1. The van der Waals surface area contributed by atoms with E-state index in [9.17, 15) is 4.79 Å². The minimum Gasteiger partial charge on any atom is -0.398 e. The highest BCUT2D eigenvalue weighted by Crippen LogP contribution is 2.65. The lowest BCUT2D eigenvalue weighted by atomic mass is 9.75. The van der Waals surface area contributed by atoms with Crippen LogP contribution in [0.3, 0.4) is 0 Å². The molecule has 5 heteroatoms. The number of aromatic nitrogens is 1. The van der Waals surface area contributed by atoms with Crippen LogP contribution >= 0.6 is 0 Å². The number of rotatable bonds is 7. The Morgan fingerprint density at radius 2 is 1.82 bits per heavy atom. The van der Waals surface area contributed by atoms with Crippen LogP contribution in [-0.4, -0.2) is 53.9 Å². The third-order valence-corrected chi connectivity index (χ3v) is 9.12. The van der Waals surface area contributed by atoms with Crippen LogP contribution in [0.25, 0.3) is 11.1 Å². The minimum atomic E-state index is 0.192. The van der Waals surface area contributed by atoms with E-state index in [1.54, 1.807) is 12.4 Å². The summed E-state index contributed by atoms with van der Waals surface area (Å²) in [4.78, 5) is 21.6. The van der Waals surface area contributed by atoms with E-state index in [1.165, 1.54) is 38.6 Å². The van der Waals surface area contributed by atoms with Gasteiger partial charge in [-0.25, -0.2) is 0 Å². The molecule has 0 radical (unpaired) electrons. The summed E-state index contributed by atoms with van der Waals surface area (Å²) >= 11 is 0. The third-order valence-electron chi connectivity index (χ3n) is 9.12. The average Bonchev–Trinajstić information content (AvgIpc) is 3.15. The monoisotopic (exact) mass is 444 g/mol. The predicted molar refractivity (Wildman–Crippen MR) is 131 cm³/mol. The number of carbonyl (C=O) groups excluding carboxylic acids is 1. The first-order valence-corrected chi connectivity index (χ1v) is 12.7. The first kappa shape index (κ1) is 21.2. The summed E-state index contributed by atoms with van der Waals surface area (Å²) in [6, 6.07) is 9.94. The van der Waals surface area contributed by atoms with Crippen molar-refractivity contribution in [2.45, 2.75) is 38.5 Å². The van der Waals surface area contributed by atoms with Crippen LogP contribution in [0.4, 0.5) is 5.69 Å². The summed E-state index contributed by atoms with van der Waals surface area (Å²) in [7, 11) is 2.31.